The summed E-state index contributed by atoms with van der Waals surface area (Å²) in [5.74, 6) is 0.116. The zero-order valence-electron chi connectivity index (χ0n) is 16.8. The van der Waals surface area contributed by atoms with Crippen LogP contribution in [0.3, 0.4) is 0 Å². The summed E-state index contributed by atoms with van der Waals surface area (Å²) in [4.78, 5) is 10.1. The van der Waals surface area contributed by atoms with Gasteiger partial charge in [0.05, 0.1) is 39.1 Å². The molecule has 0 radical (unpaired) electrons. The Hall–Kier alpha value is -3.35. The second kappa shape index (κ2) is 10.1. The topological polar surface area (TPSA) is 143 Å². The van der Waals surface area contributed by atoms with Gasteiger partial charge in [-0.15, -0.1) is 0 Å². The summed E-state index contributed by atoms with van der Waals surface area (Å²) in [6, 6.07) is 12.5. The summed E-state index contributed by atoms with van der Waals surface area (Å²) in [7, 11) is -2.89. The van der Waals surface area contributed by atoms with Crippen LogP contribution < -0.4 is 14.9 Å². The number of non-ortho nitro benzene ring substituents is 1. The van der Waals surface area contributed by atoms with E-state index in [1.165, 1.54) is 37.6 Å². The van der Waals surface area contributed by atoms with Gasteiger partial charge in [0.2, 0.25) is 0 Å². The fraction of sp³-hybridized carbons (Fsp3) is 0.0500. The maximum Gasteiger partial charge on any atom is 0.270 e. The number of hydrogen-bond acceptors (Lipinski definition) is 8. The first-order valence-electron chi connectivity index (χ1n) is 9.03. The van der Waals surface area contributed by atoms with Gasteiger partial charge < -0.3 is 9.84 Å². The van der Waals surface area contributed by atoms with Crippen LogP contribution in [0, 0.1) is 10.1 Å². The lowest BCUT2D eigenvalue weighted by atomic mass is 10.2. The van der Waals surface area contributed by atoms with Crippen LogP contribution in [-0.4, -0.2) is 31.8 Å². The number of anilines is 2. The van der Waals surface area contributed by atoms with Crippen molar-refractivity contribution in [3.05, 3.63) is 79.8 Å². The highest BCUT2D eigenvalue weighted by molar-refractivity contribution is 9.10. The van der Waals surface area contributed by atoms with Gasteiger partial charge >= 0.3 is 0 Å². The molecule has 3 rings (SSSR count). The molecule has 33 heavy (non-hydrogen) atoms. The van der Waals surface area contributed by atoms with Crippen molar-refractivity contribution in [2.75, 3.05) is 17.3 Å². The number of rotatable bonds is 8. The first kappa shape index (κ1) is 24.3. The minimum atomic E-state index is -4.28. The predicted octanol–water partition coefficient (Wildman–Crippen LogP) is 4.97. The van der Waals surface area contributed by atoms with Gasteiger partial charge in [-0.2, -0.15) is 5.10 Å². The fourth-order valence-electron chi connectivity index (χ4n) is 2.68. The lowest BCUT2D eigenvalue weighted by molar-refractivity contribution is -0.385. The van der Waals surface area contributed by atoms with E-state index in [2.05, 4.69) is 31.2 Å². The second-order valence-corrected chi connectivity index (χ2v) is 9.36. The van der Waals surface area contributed by atoms with Crippen LogP contribution in [0.4, 0.5) is 17.1 Å². The number of nitrogens with zero attached hydrogens (tertiary/aromatic N) is 2. The number of para-hydroxylation sites is 1. The Labute approximate surface area is 202 Å². The molecule has 0 heterocycles. The summed E-state index contributed by atoms with van der Waals surface area (Å²) < 4.78 is 33.8. The van der Waals surface area contributed by atoms with Gasteiger partial charge in [0.1, 0.15) is 4.90 Å². The van der Waals surface area contributed by atoms with Gasteiger partial charge in [0.25, 0.3) is 15.7 Å². The van der Waals surface area contributed by atoms with Crippen molar-refractivity contribution < 1.29 is 23.2 Å². The molecule has 13 heteroatoms. The van der Waals surface area contributed by atoms with Gasteiger partial charge in [0, 0.05) is 12.1 Å². The first-order chi connectivity index (χ1) is 15.6. The molecule has 0 aromatic heterocycles. The molecule has 0 spiro atoms. The molecule has 172 valence electrons. The molecule has 0 amide bonds. The first-order valence-corrected chi connectivity index (χ1v) is 11.7. The normalized spacial score (nSPS) is 11.4. The molecule has 3 aromatic rings. The number of phenols is 1. The van der Waals surface area contributed by atoms with E-state index in [0.29, 0.717) is 10.0 Å². The van der Waals surface area contributed by atoms with Gasteiger partial charge in [-0.25, -0.2) is 8.42 Å². The van der Waals surface area contributed by atoms with Gasteiger partial charge in [-0.05, 0) is 51.8 Å². The van der Waals surface area contributed by atoms with Gasteiger partial charge in [-0.3, -0.25) is 20.3 Å². The number of halogens is 2. The summed E-state index contributed by atoms with van der Waals surface area (Å²) in [6.07, 6.45) is 1.35. The highest BCUT2D eigenvalue weighted by atomic mass is 79.9. The molecule has 0 fully saturated rings. The van der Waals surface area contributed by atoms with Crippen LogP contribution in [0.25, 0.3) is 0 Å². The van der Waals surface area contributed by atoms with Crippen molar-refractivity contribution >= 4 is 60.8 Å². The number of nitro groups is 1. The number of nitro benzene ring substituents is 1. The molecule has 0 bridgehead atoms. The second-order valence-electron chi connectivity index (χ2n) is 6.45. The lowest BCUT2D eigenvalue weighted by Crippen LogP contribution is -2.15. The Bertz CT molecular complexity index is 1350. The van der Waals surface area contributed by atoms with Crippen molar-refractivity contribution in [3.63, 3.8) is 0 Å². The molecule has 0 aliphatic heterocycles. The standard InChI is InChI=1S/C20H16BrClN4O6S/c1-32-18-9-12(8-14(21)20(18)27)11-23-24-17-7-6-13(26(28)29)10-19(17)33(30,31)25-16-5-3-2-4-15(16)22/h2-11,24-25,27H,1H3. The Kier molecular flexibility index (Phi) is 7.41. The van der Waals surface area contributed by atoms with Gasteiger partial charge in [0.15, 0.2) is 11.5 Å². The number of aromatic hydroxyl groups is 1. The van der Waals surface area contributed by atoms with E-state index in [-0.39, 0.29) is 27.9 Å². The largest absolute Gasteiger partial charge is 0.503 e. The van der Waals surface area contributed by atoms with E-state index < -0.39 is 25.5 Å². The van der Waals surface area contributed by atoms with E-state index in [4.69, 9.17) is 16.3 Å². The third-order valence-electron chi connectivity index (χ3n) is 4.25. The third-order valence-corrected chi connectivity index (χ3v) is 6.59. The minimum Gasteiger partial charge on any atom is -0.503 e. The molecule has 0 aliphatic carbocycles. The monoisotopic (exact) mass is 554 g/mol. The highest BCUT2D eigenvalue weighted by Gasteiger charge is 2.23. The van der Waals surface area contributed by atoms with Crippen LogP contribution >= 0.6 is 27.5 Å². The zero-order valence-corrected chi connectivity index (χ0v) is 20.0. The van der Waals surface area contributed by atoms with Crippen molar-refractivity contribution in [3.8, 4) is 11.5 Å². The van der Waals surface area contributed by atoms with Crippen LogP contribution in [-0.2, 0) is 10.0 Å². The molecule has 0 unspecified atom stereocenters. The Balaban J connectivity index is 1.96. The number of hydrogen-bond donors (Lipinski definition) is 3. The fourth-order valence-corrected chi connectivity index (χ4v) is 4.64. The lowest BCUT2D eigenvalue weighted by Gasteiger charge is -2.13. The molecule has 0 aliphatic rings. The van der Waals surface area contributed by atoms with Crippen molar-refractivity contribution in [1.29, 1.82) is 0 Å². The predicted molar refractivity (Wildman–Crippen MR) is 129 cm³/mol. The average molecular weight is 556 g/mol. The average Bonchev–Trinajstić information content (AvgIpc) is 2.77. The summed E-state index contributed by atoms with van der Waals surface area (Å²) in [5.41, 5.74) is 2.78. The number of methoxy groups -OCH3 is 1. The SMILES string of the molecule is COc1cc(C=NNc2ccc([N+](=O)[O-])cc2S(=O)(=O)Nc2ccccc2Cl)cc(Br)c1O. The minimum absolute atomic E-state index is 0.0128. The zero-order chi connectivity index (χ0) is 24.2. The Morgan fingerprint density at radius 2 is 1.91 bits per heavy atom. The van der Waals surface area contributed by atoms with Crippen LogP contribution in [0.15, 0.2) is 69.1 Å². The quantitative estimate of drug-likeness (QED) is 0.202. The van der Waals surface area contributed by atoms with E-state index in [1.807, 2.05) is 0 Å². The van der Waals surface area contributed by atoms with E-state index in [1.54, 1.807) is 18.2 Å². The third kappa shape index (κ3) is 5.72. The summed E-state index contributed by atoms with van der Waals surface area (Å²) in [5, 5.41) is 25.3. The molecule has 10 nitrogen and oxygen atoms in total. The maximum atomic E-state index is 13.0. The number of nitrogens with one attached hydrogen (secondary N) is 2. The number of hydrazone groups is 1. The van der Waals surface area contributed by atoms with Crippen molar-refractivity contribution in [2.24, 2.45) is 5.10 Å². The smallest absolute Gasteiger partial charge is 0.270 e. The number of sulfonamides is 1. The van der Waals surface area contributed by atoms with Crippen LogP contribution in [0.1, 0.15) is 5.56 Å². The van der Waals surface area contributed by atoms with E-state index >= 15 is 0 Å². The highest BCUT2D eigenvalue weighted by Crippen LogP contribution is 2.35. The van der Waals surface area contributed by atoms with Crippen molar-refractivity contribution in [1.82, 2.24) is 0 Å². The molecule has 0 atom stereocenters. The van der Waals surface area contributed by atoms with Crippen LogP contribution in [0.2, 0.25) is 5.02 Å². The molecule has 0 saturated carbocycles. The molecular formula is C20H16BrClN4O6S. The Morgan fingerprint density at radius 1 is 1.18 bits per heavy atom. The maximum absolute atomic E-state index is 13.0. The van der Waals surface area contributed by atoms with E-state index in [9.17, 15) is 23.6 Å². The molecule has 0 saturated heterocycles. The number of ether oxygens (including phenoxy) is 1. The van der Waals surface area contributed by atoms with Crippen LogP contribution in [0.5, 0.6) is 11.5 Å². The Morgan fingerprint density at radius 3 is 2.58 bits per heavy atom. The summed E-state index contributed by atoms with van der Waals surface area (Å²) in [6.45, 7) is 0. The van der Waals surface area contributed by atoms with Crippen molar-refractivity contribution in [2.45, 2.75) is 4.90 Å². The molecule has 3 N–H and O–H groups in total. The number of phenolic OH excluding ortho intramolecular Hbond substituents is 1. The van der Waals surface area contributed by atoms with E-state index in [0.717, 1.165) is 12.1 Å². The molecule has 3 aromatic carbocycles. The summed E-state index contributed by atoms with van der Waals surface area (Å²) >= 11 is 9.23. The number of benzene rings is 3. The van der Waals surface area contributed by atoms with Gasteiger partial charge in [-0.1, -0.05) is 23.7 Å². The molecular weight excluding hydrogens is 540 g/mol.